The van der Waals surface area contributed by atoms with Crippen molar-refractivity contribution in [2.75, 3.05) is 14.2 Å². The normalized spacial score (nSPS) is 11.4. The second-order valence-corrected chi connectivity index (χ2v) is 6.36. The molecule has 0 aliphatic carbocycles. The second kappa shape index (κ2) is 5.00. The van der Waals surface area contributed by atoms with E-state index in [0.29, 0.717) is 5.15 Å². The lowest BCUT2D eigenvalue weighted by Gasteiger charge is -2.05. The molecule has 5 heteroatoms. The van der Waals surface area contributed by atoms with E-state index in [1.165, 1.54) is 4.70 Å². The molecule has 3 nitrogen and oxygen atoms in total. The molecule has 0 bridgehead atoms. The highest BCUT2D eigenvalue weighted by molar-refractivity contribution is 7.26. The van der Waals surface area contributed by atoms with Crippen molar-refractivity contribution in [2.24, 2.45) is 0 Å². The third kappa shape index (κ3) is 1.91. The number of thiophene rings is 1. The molecule has 4 aromatic rings. The average molecular weight is 330 g/mol. The van der Waals surface area contributed by atoms with Crippen molar-refractivity contribution >= 4 is 54.0 Å². The van der Waals surface area contributed by atoms with Gasteiger partial charge >= 0.3 is 0 Å². The van der Waals surface area contributed by atoms with Crippen LogP contribution in [0.15, 0.2) is 36.4 Å². The molecule has 0 radical (unpaired) electrons. The molecule has 2 heterocycles. The lowest BCUT2D eigenvalue weighted by Crippen LogP contribution is -1.86. The zero-order valence-corrected chi connectivity index (χ0v) is 13.6. The van der Waals surface area contributed by atoms with Crippen LogP contribution in [0, 0.1) is 0 Å². The summed E-state index contributed by atoms with van der Waals surface area (Å²) in [5.41, 5.74) is 0.833. The van der Waals surface area contributed by atoms with E-state index in [4.69, 9.17) is 21.1 Å². The lowest BCUT2D eigenvalue weighted by molar-refractivity contribution is 0.415. The standard InChI is InChI=1S/C17H12ClNO2S/c1-20-9-4-6-14-12(7-9)15-11-5-3-10(21-2)8-13(11)19-17(18)16(15)22-14/h3-8H,1-2H3. The number of pyridine rings is 1. The third-order valence-electron chi connectivity index (χ3n) is 3.78. The minimum atomic E-state index is 0.524. The molecule has 0 fully saturated rings. The Morgan fingerprint density at radius 3 is 2.45 bits per heavy atom. The van der Waals surface area contributed by atoms with E-state index in [1.807, 2.05) is 30.3 Å². The van der Waals surface area contributed by atoms with Crippen LogP contribution in [0.5, 0.6) is 11.5 Å². The number of hydrogen-bond donors (Lipinski definition) is 0. The van der Waals surface area contributed by atoms with Crippen LogP contribution in [-0.4, -0.2) is 19.2 Å². The minimum Gasteiger partial charge on any atom is -0.497 e. The van der Waals surface area contributed by atoms with Gasteiger partial charge in [0, 0.05) is 26.9 Å². The number of benzene rings is 2. The molecule has 0 aliphatic heterocycles. The molecule has 0 spiro atoms. The van der Waals surface area contributed by atoms with Gasteiger partial charge in [-0.3, -0.25) is 0 Å². The van der Waals surface area contributed by atoms with E-state index in [2.05, 4.69) is 11.1 Å². The van der Waals surface area contributed by atoms with E-state index in [-0.39, 0.29) is 0 Å². The van der Waals surface area contributed by atoms with Crippen LogP contribution >= 0.6 is 22.9 Å². The van der Waals surface area contributed by atoms with Gasteiger partial charge in [0.05, 0.1) is 24.4 Å². The van der Waals surface area contributed by atoms with E-state index >= 15 is 0 Å². The van der Waals surface area contributed by atoms with E-state index < -0.39 is 0 Å². The van der Waals surface area contributed by atoms with Crippen molar-refractivity contribution < 1.29 is 9.47 Å². The number of hydrogen-bond acceptors (Lipinski definition) is 4. The maximum absolute atomic E-state index is 6.40. The molecule has 2 aromatic heterocycles. The van der Waals surface area contributed by atoms with Crippen LogP contribution in [0.25, 0.3) is 31.1 Å². The number of ether oxygens (including phenoxy) is 2. The monoisotopic (exact) mass is 329 g/mol. The summed E-state index contributed by atoms with van der Waals surface area (Å²) in [5.74, 6) is 1.61. The summed E-state index contributed by atoms with van der Waals surface area (Å²) in [5, 5.41) is 3.85. The summed E-state index contributed by atoms with van der Waals surface area (Å²) < 4.78 is 12.8. The number of rotatable bonds is 2. The van der Waals surface area contributed by atoms with Gasteiger partial charge in [0.1, 0.15) is 16.7 Å². The Balaban J connectivity index is 2.21. The fourth-order valence-corrected chi connectivity index (χ4v) is 4.10. The first-order valence-electron chi connectivity index (χ1n) is 6.75. The van der Waals surface area contributed by atoms with E-state index in [0.717, 1.165) is 37.9 Å². The Morgan fingerprint density at radius 1 is 0.955 bits per heavy atom. The number of halogens is 1. The van der Waals surface area contributed by atoms with Crippen LogP contribution in [0.3, 0.4) is 0 Å². The van der Waals surface area contributed by atoms with Crippen molar-refractivity contribution in [1.82, 2.24) is 4.98 Å². The largest absolute Gasteiger partial charge is 0.497 e. The highest BCUT2D eigenvalue weighted by atomic mass is 35.5. The third-order valence-corrected chi connectivity index (χ3v) is 5.34. The van der Waals surface area contributed by atoms with Crippen LogP contribution < -0.4 is 9.47 Å². The lowest BCUT2D eigenvalue weighted by atomic mass is 10.1. The quantitative estimate of drug-likeness (QED) is 0.469. The molecule has 2 aromatic carbocycles. The zero-order valence-electron chi connectivity index (χ0n) is 12.0. The predicted octanol–water partition coefficient (Wildman–Crippen LogP) is 5.27. The van der Waals surface area contributed by atoms with Gasteiger partial charge in [-0.2, -0.15) is 0 Å². The van der Waals surface area contributed by atoms with Crippen molar-refractivity contribution in [2.45, 2.75) is 0 Å². The van der Waals surface area contributed by atoms with Gasteiger partial charge < -0.3 is 9.47 Å². The first-order valence-corrected chi connectivity index (χ1v) is 7.94. The van der Waals surface area contributed by atoms with Crippen molar-refractivity contribution in [3.63, 3.8) is 0 Å². The highest BCUT2D eigenvalue weighted by Crippen LogP contribution is 2.42. The smallest absolute Gasteiger partial charge is 0.147 e. The zero-order chi connectivity index (χ0) is 15.3. The Morgan fingerprint density at radius 2 is 1.68 bits per heavy atom. The SMILES string of the molecule is COc1ccc2c(c1)nc(Cl)c1sc3ccc(OC)cc3c12. The summed E-state index contributed by atoms with van der Waals surface area (Å²) in [6.07, 6.45) is 0. The number of nitrogens with zero attached hydrogens (tertiary/aromatic N) is 1. The van der Waals surface area contributed by atoms with Crippen molar-refractivity contribution in [3.05, 3.63) is 41.6 Å². The topological polar surface area (TPSA) is 31.4 Å². The Labute approximate surface area is 136 Å². The fraction of sp³-hybridized carbons (Fsp3) is 0.118. The number of aromatic nitrogens is 1. The number of methoxy groups -OCH3 is 2. The molecule has 0 aliphatic rings. The minimum absolute atomic E-state index is 0.524. The van der Waals surface area contributed by atoms with Gasteiger partial charge in [-0.05, 0) is 30.3 Å². The van der Waals surface area contributed by atoms with Crippen LogP contribution in [0.1, 0.15) is 0 Å². The molecule has 0 saturated carbocycles. The molecular weight excluding hydrogens is 318 g/mol. The van der Waals surface area contributed by atoms with Crippen molar-refractivity contribution in [3.8, 4) is 11.5 Å². The van der Waals surface area contributed by atoms with E-state index in [9.17, 15) is 0 Å². The fourth-order valence-electron chi connectivity index (χ4n) is 2.72. The molecule has 0 unspecified atom stereocenters. The summed E-state index contributed by atoms with van der Waals surface area (Å²) in [6, 6.07) is 12.0. The predicted molar refractivity (Wildman–Crippen MR) is 92.7 cm³/mol. The Bertz CT molecular complexity index is 1030. The van der Waals surface area contributed by atoms with Gasteiger partial charge in [-0.25, -0.2) is 4.98 Å². The molecule has 0 saturated heterocycles. The summed E-state index contributed by atoms with van der Waals surface area (Å²) in [4.78, 5) is 4.51. The van der Waals surface area contributed by atoms with Crippen LogP contribution in [0.4, 0.5) is 0 Å². The van der Waals surface area contributed by atoms with Crippen molar-refractivity contribution in [1.29, 1.82) is 0 Å². The number of fused-ring (bicyclic) bond motifs is 5. The summed E-state index contributed by atoms with van der Waals surface area (Å²) >= 11 is 8.05. The first-order chi connectivity index (χ1) is 10.7. The molecular formula is C17H12ClNO2S. The molecule has 0 atom stereocenters. The van der Waals surface area contributed by atoms with Gasteiger partial charge in [0.25, 0.3) is 0 Å². The highest BCUT2D eigenvalue weighted by Gasteiger charge is 2.14. The van der Waals surface area contributed by atoms with Gasteiger partial charge in [-0.1, -0.05) is 11.6 Å². The Hall–Kier alpha value is -2.04. The molecule has 0 amide bonds. The maximum atomic E-state index is 6.40. The second-order valence-electron chi connectivity index (χ2n) is 4.95. The van der Waals surface area contributed by atoms with Gasteiger partial charge in [0.2, 0.25) is 0 Å². The van der Waals surface area contributed by atoms with Gasteiger partial charge in [-0.15, -0.1) is 11.3 Å². The van der Waals surface area contributed by atoms with E-state index in [1.54, 1.807) is 25.6 Å². The van der Waals surface area contributed by atoms with Crippen LogP contribution in [0.2, 0.25) is 5.15 Å². The first kappa shape index (κ1) is 13.6. The summed E-state index contributed by atoms with van der Waals surface area (Å²) in [6.45, 7) is 0. The average Bonchev–Trinajstić information content (AvgIpc) is 2.93. The molecule has 110 valence electrons. The molecule has 22 heavy (non-hydrogen) atoms. The maximum Gasteiger partial charge on any atom is 0.147 e. The van der Waals surface area contributed by atoms with Crippen LogP contribution in [-0.2, 0) is 0 Å². The molecule has 0 N–H and O–H groups in total. The van der Waals surface area contributed by atoms with Gasteiger partial charge in [0.15, 0.2) is 0 Å². The molecule has 4 rings (SSSR count). The Kier molecular flexibility index (Phi) is 3.10. The summed E-state index contributed by atoms with van der Waals surface area (Å²) in [7, 11) is 3.32.